The smallest absolute Gasteiger partial charge is 0.294 e. The average Bonchev–Trinajstić information content (AvgIpc) is 2.57. The average molecular weight is 334 g/mol. The molecule has 1 atom stereocenters. The highest BCUT2D eigenvalue weighted by molar-refractivity contribution is 9.09. The van der Waals surface area contributed by atoms with Crippen LogP contribution in [0.4, 0.5) is 5.69 Å². The predicted octanol–water partition coefficient (Wildman–Crippen LogP) is 1.74. The van der Waals surface area contributed by atoms with Gasteiger partial charge in [-0.2, -0.15) is 8.42 Å². The summed E-state index contributed by atoms with van der Waals surface area (Å²) < 4.78 is 31.5. The summed E-state index contributed by atoms with van der Waals surface area (Å²) in [5, 5.41) is 0. The zero-order valence-electron chi connectivity index (χ0n) is 9.63. The molecule has 0 radical (unpaired) electrons. The third-order valence-electron chi connectivity index (χ3n) is 2.84. The van der Waals surface area contributed by atoms with E-state index in [1.807, 2.05) is 0 Å². The second-order valence-electron chi connectivity index (χ2n) is 4.23. The van der Waals surface area contributed by atoms with E-state index < -0.39 is 10.1 Å². The molecule has 1 fully saturated rings. The maximum atomic E-state index is 11.7. The molecule has 0 spiro atoms. The maximum Gasteiger partial charge on any atom is 0.294 e. The lowest BCUT2D eigenvalue weighted by molar-refractivity contribution is -0.117. The number of aryl methyl sites for hydroxylation is 1. The molecule has 1 amide bonds. The van der Waals surface area contributed by atoms with Crippen molar-refractivity contribution in [3.05, 3.63) is 23.8 Å². The Kier molecular flexibility index (Phi) is 3.48. The first kappa shape index (κ1) is 13.5. The molecule has 2 rings (SSSR count). The Hall–Kier alpha value is -0.920. The van der Waals surface area contributed by atoms with E-state index in [0.29, 0.717) is 24.2 Å². The van der Waals surface area contributed by atoms with Crippen molar-refractivity contribution < 1.29 is 17.8 Å². The van der Waals surface area contributed by atoms with Crippen LogP contribution in [0.25, 0.3) is 0 Å². The van der Waals surface area contributed by atoms with Gasteiger partial charge >= 0.3 is 0 Å². The Bertz CT molecular complexity index is 599. The van der Waals surface area contributed by atoms with Crippen LogP contribution in [0, 0.1) is 6.92 Å². The standard InChI is InChI=1S/C11H12BrNO4S/c1-7-2-3-9(5-10(7)18(15,16)17)13-6-8(12)4-11(13)14/h2-3,5,8H,4,6H2,1H3,(H,15,16,17). The van der Waals surface area contributed by atoms with Crippen molar-refractivity contribution >= 4 is 37.6 Å². The number of hydrogen-bond donors (Lipinski definition) is 1. The number of rotatable bonds is 2. The summed E-state index contributed by atoms with van der Waals surface area (Å²) in [5.41, 5.74) is 0.934. The lowest BCUT2D eigenvalue weighted by atomic mass is 10.2. The molecule has 1 aromatic carbocycles. The molecule has 1 saturated heterocycles. The molecule has 5 nitrogen and oxygen atoms in total. The van der Waals surface area contributed by atoms with Crippen LogP contribution in [0.1, 0.15) is 12.0 Å². The van der Waals surface area contributed by atoms with Crippen LogP contribution in [-0.2, 0) is 14.9 Å². The molecular weight excluding hydrogens is 322 g/mol. The summed E-state index contributed by atoms with van der Waals surface area (Å²) in [6.45, 7) is 2.08. The summed E-state index contributed by atoms with van der Waals surface area (Å²) in [6, 6.07) is 4.58. The van der Waals surface area contributed by atoms with Crippen molar-refractivity contribution in [3.8, 4) is 0 Å². The van der Waals surface area contributed by atoms with E-state index in [1.165, 1.54) is 11.0 Å². The predicted molar refractivity (Wildman–Crippen MR) is 70.7 cm³/mol. The van der Waals surface area contributed by atoms with Crippen molar-refractivity contribution in [2.75, 3.05) is 11.4 Å². The zero-order chi connectivity index (χ0) is 13.5. The first-order valence-corrected chi connectivity index (χ1v) is 7.67. The van der Waals surface area contributed by atoms with Crippen LogP contribution in [0.3, 0.4) is 0 Å². The van der Waals surface area contributed by atoms with E-state index in [1.54, 1.807) is 19.1 Å². The quantitative estimate of drug-likeness (QED) is 0.660. The number of hydrogen-bond acceptors (Lipinski definition) is 3. The van der Waals surface area contributed by atoms with Gasteiger partial charge in [0.05, 0.1) is 4.90 Å². The van der Waals surface area contributed by atoms with Gasteiger partial charge in [0, 0.05) is 23.5 Å². The largest absolute Gasteiger partial charge is 0.311 e. The molecule has 1 N–H and O–H groups in total. The van der Waals surface area contributed by atoms with Crippen molar-refractivity contribution in [1.29, 1.82) is 0 Å². The first-order valence-electron chi connectivity index (χ1n) is 5.31. The van der Waals surface area contributed by atoms with Crippen LogP contribution in [0.2, 0.25) is 0 Å². The minimum atomic E-state index is -4.27. The fraction of sp³-hybridized carbons (Fsp3) is 0.364. The number of amides is 1. The normalized spacial score (nSPS) is 20.5. The summed E-state index contributed by atoms with van der Waals surface area (Å²) in [5.74, 6) is -0.0676. The van der Waals surface area contributed by atoms with Crippen LogP contribution >= 0.6 is 15.9 Å². The van der Waals surface area contributed by atoms with E-state index in [4.69, 9.17) is 4.55 Å². The van der Waals surface area contributed by atoms with Gasteiger partial charge in [0.1, 0.15) is 0 Å². The Balaban J connectivity index is 2.45. The van der Waals surface area contributed by atoms with E-state index in [0.717, 1.165) is 0 Å². The van der Waals surface area contributed by atoms with Gasteiger partial charge in [-0.3, -0.25) is 9.35 Å². The molecule has 0 saturated carbocycles. The Labute approximate surface area is 114 Å². The molecule has 1 heterocycles. The lowest BCUT2D eigenvalue weighted by Crippen LogP contribution is -2.24. The fourth-order valence-corrected chi connectivity index (χ4v) is 3.26. The molecule has 98 valence electrons. The molecule has 0 bridgehead atoms. The van der Waals surface area contributed by atoms with Gasteiger partial charge in [-0.1, -0.05) is 22.0 Å². The number of benzene rings is 1. The number of halogens is 1. The molecular formula is C11H12BrNO4S. The molecule has 7 heteroatoms. The second-order valence-corrected chi connectivity index (χ2v) is 6.92. The van der Waals surface area contributed by atoms with E-state index in [2.05, 4.69) is 15.9 Å². The lowest BCUT2D eigenvalue weighted by Gasteiger charge is -2.17. The molecule has 0 aliphatic carbocycles. The number of carbonyl (C=O) groups is 1. The van der Waals surface area contributed by atoms with Gasteiger partial charge in [0.15, 0.2) is 0 Å². The Morgan fingerprint density at radius 3 is 2.61 bits per heavy atom. The summed E-state index contributed by atoms with van der Waals surface area (Å²) in [7, 11) is -4.27. The summed E-state index contributed by atoms with van der Waals surface area (Å²) >= 11 is 3.36. The Morgan fingerprint density at radius 1 is 1.44 bits per heavy atom. The van der Waals surface area contributed by atoms with E-state index in [-0.39, 0.29) is 15.6 Å². The first-order chi connectivity index (χ1) is 8.29. The van der Waals surface area contributed by atoms with Crippen molar-refractivity contribution in [3.63, 3.8) is 0 Å². The molecule has 18 heavy (non-hydrogen) atoms. The van der Waals surface area contributed by atoms with Crippen LogP contribution in [-0.4, -0.2) is 30.2 Å². The zero-order valence-corrected chi connectivity index (χ0v) is 12.0. The highest BCUT2D eigenvalue weighted by atomic mass is 79.9. The minimum absolute atomic E-state index is 0.0676. The molecule has 1 aliphatic rings. The highest BCUT2D eigenvalue weighted by Gasteiger charge is 2.29. The SMILES string of the molecule is Cc1ccc(N2CC(Br)CC2=O)cc1S(=O)(=O)O. The van der Waals surface area contributed by atoms with Gasteiger partial charge < -0.3 is 4.90 Å². The van der Waals surface area contributed by atoms with Gasteiger partial charge in [0.2, 0.25) is 5.91 Å². The van der Waals surface area contributed by atoms with Crippen LogP contribution < -0.4 is 4.90 Å². The van der Waals surface area contributed by atoms with Crippen molar-refractivity contribution in [1.82, 2.24) is 0 Å². The van der Waals surface area contributed by atoms with Crippen molar-refractivity contribution in [2.24, 2.45) is 0 Å². The van der Waals surface area contributed by atoms with Gasteiger partial charge in [0.25, 0.3) is 10.1 Å². The van der Waals surface area contributed by atoms with Crippen molar-refractivity contribution in [2.45, 2.75) is 23.1 Å². The van der Waals surface area contributed by atoms with Gasteiger partial charge in [-0.25, -0.2) is 0 Å². The molecule has 1 aliphatic heterocycles. The summed E-state index contributed by atoms with van der Waals surface area (Å²) in [6.07, 6.45) is 0.384. The van der Waals surface area contributed by atoms with Gasteiger partial charge in [-0.05, 0) is 24.6 Å². The number of anilines is 1. The van der Waals surface area contributed by atoms with Crippen LogP contribution in [0.15, 0.2) is 23.1 Å². The van der Waals surface area contributed by atoms with E-state index in [9.17, 15) is 13.2 Å². The Morgan fingerprint density at radius 2 is 2.11 bits per heavy atom. The monoisotopic (exact) mass is 333 g/mol. The van der Waals surface area contributed by atoms with Crippen LogP contribution in [0.5, 0.6) is 0 Å². The topological polar surface area (TPSA) is 74.7 Å². The maximum absolute atomic E-state index is 11.7. The molecule has 1 aromatic rings. The third kappa shape index (κ3) is 2.57. The van der Waals surface area contributed by atoms with E-state index >= 15 is 0 Å². The van der Waals surface area contributed by atoms with Gasteiger partial charge in [-0.15, -0.1) is 0 Å². The fourth-order valence-electron chi connectivity index (χ4n) is 1.95. The molecule has 1 unspecified atom stereocenters. The number of carbonyl (C=O) groups excluding carboxylic acids is 1. The number of nitrogens with zero attached hydrogens (tertiary/aromatic N) is 1. The minimum Gasteiger partial charge on any atom is -0.311 e. The second kappa shape index (κ2) is 4.64. The third-order valence-corrected chi connectivity index (χ3v) is 4.45. The summed E-state index contributed by atoms with van der Waals surface area (Å²) in [4.78, 5) is 13.1. The number of alkyl halides is 1. The molecule has 0 aromatic heterocycles. The highest BCUT2D eigenvalue weighted by Crippen LogP contribution is 2.28.